The molecule has 0 aliphatic heterocycles. The molecule has 0 heterocycles. The quantitative estimate of drug-likeness (QED) is 0.446. The third-order valence-electron chi connectivity index (χ3n) is 2.98. The van der Waals surface area contributed by atoms with Gasteiger partial charge in [0.05, 0.1) is 16.6 Å². The zero-order valence-corrected chi connectivity index (χ0v) is 13.9. The van der Waals surface area contributed by atoms with Crippen LogP contribution in [0.4, 0.5) is 23.2 Å². The van der Waals surface area contributed by atoms with Crippen LogP contribution in [-0.4, -0.2) is 23.4 Å². The Hall–Kier alpha value is -2.42. The van der Waals surface area contributed by atoms with Crippen molar-refractivity contribution in [3.63, 3.8) is 0 Å². The van der Waals surface area contributed by atoms with Gasteiger partial charge in [0.25, 0.3) is 0 Å². The second kappa shape index (κ2) is 7.64. The van der Waals surface area contributed by atoms with Gasteiger partial charge in [-0.1, -0.05) is 28.1 Å². The number of carbonyl (C=O) groups is 2. The van der Waals surface area contributed by atoms with E-state index in [0.29, 0.717) is 0 Å². The molecule has 0 atom stereocenters. The second-order valence-electron chi connectivity index (χ2n) is 4.75. The van der Waals surface area contributed by atoms with E-state index in [4.69, 9.17) is 0 Å². The summed E-state index contributed by atoms with van der Waals surface area (Å²) in [5.74, 6) is -2.93. The molecule has 2 aromatic carbocycles. The van der Waals surface area contributed by atoms with Crippen LogP contribution >= 0.6 is 15.9 Å². The summed E-state index contributed by atoms with van der Waals surface area (Å²) in [6.45, 7) is 0. The lowest BCUT2D eigenvalue weighted by Gasteiger charge is -2.14. The predicted molar refractivity (Wildman–Crippen MR) is 85.4 cm³/mol. The van der Waals surface area contributed by atoms with Gasteiger partial charge >= 0.3 is 6.36 Å². The normalized spacial score (nSPS) is 11.1. The number of alkyl halides is 4. The number of hydrogen-bond acceptors (Lipinski definition) is 3. The number of amides is 1. The van der Waals surface area contributed by atoms with Gasteiger partial charge < -0.3 is 10.1 Å². The Labute approximate surface area is 147 Å². The Morgan fingerprint density at radius 3 is 2.36 bits per heavy atom. The van der Waals surface area contributed by atoms with Gasteiger partial charge in [0.15, 0.2) is 5.78 Å². The lowest BCUT2D eigenvalue weighted by Crippen LogP contribution is -2.19. The minimum absolute atomic E-state index is 0.0628. The highest BCUT2D eigenvalue weighted by Crippen LogP contribution is 2.29. The predicted octanol–water partition coefficient (Wildman–Crippen LogP) is 4.29. The highest BCUT2D eigenvalue weighted by molar-refractivity contribution is 9.09. The second-order valence-corrected chi connectivity index (χ2v) is 5.31. The minimum atomic E-state index is -4.96. The molecule has 0 bridgehead atoms. The fourth-order valence-electron chi connectivity index (χ4n) is 1.99. The van der Waals surface area contributed by atoms with Gasteiger partial charge in [0.1, 0.15) is 11.6 Å². The van der Waals surface area contributed by atoms with Crippen molar-refractivity contribution in [1.29, 1.82) is 0 Å². The molecule has 0 spiro atoms. The third kappa shape index (κ3) is 5.02. The fourth-order valence-corrected chi connectivity index (χ4v) is 2.13. The lowest BCUT2D eigenvalue weighted by atomic mass is 10.0. The smallest absolute Gasteiger partial charge is 0.406 e. The minimum Gasteiger partial charge on any atom is -0.406 e. The van der Waals surface area contributed by atoms with E-state index in [9.17, 15) is 27.2 Å². The number of benzene rings is 2. The molecule has 2 rings (SSSR count). The maximum absolute atomic E-state index is 13.8. The van der Waals surface area contributed by atoms with E-state index in [1.54, 1.807) is 0 Å². The molecule has 0 aliphatic carbocycles. The van der Waals surface area contributed by atoms with Gasteiger partial charge in [0.2, 0.25) is 5.91 Å². The number of ether oxygens (including phenoxy) is 1. The maximum atomic E-state index is 13.8. The third-order valence-corrected chi connectivity index (χ3v) is 3.49. The molecular weight excluding hydrogens is 410 g/mol. The van der Waals surface area contributed by atoms with E-state index in [-0.39, 0.29) is 22.1 Å². The Bertz CT molecular complexity index is 808. The highest BCUT2D eigenvalue weighted by Gasteiger charge is 2.31. The summed E-state index contributed by atoms with van der Waals surface area (Å²) >= 11 is 2.91. The van der Waals surface area contributed by atoms with Gasteiger partial charge in [0, 0.05) is 5.56 Å². The van der Waals surface area contributed by atoms with Crippen molar-refractivity contribution in [1.82, 2.24) is 0 Å². The lowest BCUT2D eigenvalue weighted by molar-refractivity contribution is -0.274. The van der Waals surface area contributed by atoms with Crippen molar-refractivity contribution in [2.24, 2.45) is 0 Å². The molecule has 4 nitrogen and oxygen atoms in total. The number of rotatable bonds is 5. The van der Waals surface area contributed by atoms with Crippen LogP contribution in [0.3, 0.4) is 0 Å². The summed E-state index contributed by atoms with van der Waals surface area (Å²) in [7, 11) is 0. The van der Waals surface area contributed by atoms with Crippen LogP contribution in [0.5, 0.6) is 5.75 Å². The summed E-state index contributed by atoms with van der Waals surface area (Å²) in [5.41, 5.74) is -0.741. The van der Waals surface area contributed by atoms with E-state index in [2.05, 4.69) is 26.0 Å². The molecule has 0 fully saturated rings. The van der Waals surface area contributed by atoms with E-state index in [0.717, 1.165) is 24.3 Å². The summed E-state index contributed by atoms with van der Waals surface area (Å²) < 4.78 is 54.8. The first-order chi connectivity index (χ1) is 11.7. The van der Waals surface area contributed by atoms with E-state index >= 15 is 0 Å². The molecule has 0 aliphatic rings. The van der Waals surface area contributed by atoms with E-state index in [1.807, 2.05) is 0 Å². The zero-order chi connectivity index (χ0) is 18.6. The first-order valence-corrected chi connectivity index (χ1v) is 7.88. The Morgan fingerprint density at radius 1 is 1.08 bits per heavy atom. The van der Waals surface area contributed by atoms with Crippen molar-refractivity contribution in [2.75, 3.05) is 10.6 Å². The first kappa shape index (κ1) is 18.9. The fraction of sp³-hybridized carbons (Fsp3) is 0.125. The average Bonchev–Trinajstić information content (AvgIpc) is 2.54. The number of nitrogens with one attached hydrogen (secondary N) is 1. The number of halogens is 5. The number of anilines is 1. The van der Waals surface area contributed by atoms with Gasteiger partial charge in [-0.2, -0.15) is 0 Å². The van der Waals surface area contributed by atoms with Crippen LogP contribution in [0.15, 0.2) is 42.5 Å². The average molecular weight is 420 g/mol. The molecule has 0 saturated carbocycles. The molecule has 0 aromatic heterocycles. The monoisotopic (exact) mass is 419 g/mol. The molecule has 9 heteroatoms. The van der Waals surface area contributed by atoms with E-state index < -0.39 is 29.6 Å². The summed E-state index contributed by atoms with van der Waals surface area (Å²) in [6, 6.07) is 7.81. The molecular formula is C16H10BrF4NO3. The Balaban J connectivity index is 2.50. The SMILES string of the molecule is O=C(CBr)Nc1ccc(OC(F)(F)F)cc1C(=O)c1ccccc1F. The van der Waals surface area contributed by atoms with Crippen LogP contribution in [0.25, 0.3) is 0 Å². The molecule has 1 amide bonds. The summed E-state index contributed by atoms with van der Waals surface area (Å²) in [6.07, 6.45) is -4.96. The zero-order valence-electron chi connectivity index (χ0n) is 12.4. The summed E-state index contributed by atoms with van der Waals surface area (Å²) in [4.78, 5) is 24.1. The number of ketones is 1. The van der Waals surface area contributed by atoms with Crippen molar-refractivity contribution < 1.29 is 31.9 Å². The van der Waals surface area contributed by atoms with Crippen molar-refractivity contribution >= 4 is 33.3 Å². The standard InChI is InChI=1S/C16H10BrF4NO3/c17-8-14(23)22-13-6-5-9(25-16(19,20)21)7-11(13)15(24)10-3-1-2-4-12(10)18/h1-7H,8H2,(H,22,23). The van der Waals surface area contributed by atoms with Gasteiger partial charge in [-0.05, 0) is 30.3 Å². The molecule has 2 aromatic rings. The maximum Gasteiger partial charge on any atom is 0.573 e. The van der Waals surface area contributed by atoms with Crippen LogP contribution in [-0.2, 0) is 4.79 Å². The van der Waals surface area contributed by atoms with Crippen molar-refractivity contribution in [3.05, 3.63) is 59.4 Å². The van der Waals surface area contributed by atoms with Crippen LogP contribution in [0.2, 0.25) is 0 Å². The topological polar surface area (TPSA) is 55.4 Å². The summed E-state index contributed by atoms with van der Waals surface area (Å²) in [5, 5.41) is 2.26. The van der Waals surface area contributed by atoms with Crippen LogP contribution in [0.1, 0.15) is 15.9 Å². The molecule has 0 radical (unpaired) electrons. The van der Waals surface area contributed by atoms with Gasteiger partial charge in [-0.3, -0.25) is 9.59 Å². The largest absolute Gasteiger partial charge is 0.573 e. The first-order valence-electron chi connectivity index (χ1n) is 6.76. The van der Waals surface area contributed by atoms with Crippen LogP contribution < -0.4 is 10.1 Å². The Morgan fingerprint density at radius 2 is 1.76 bits per heavy atom. The molecule has 0 saturated heterocycles. The van der Waals surface area contributed by atoms with Crippen molar-refractivity contribution in [3.8, 4) is 5.75 Å². The number of hydrogen-bond donors (Lipinski definition) is 1. The van der Waals surface area contributed by atoms with Gasteiger partial charge in [-0.15, -0.1) is 13.2 Å². The molecule has 132 valence electrons. The van der Waals surface area contributed by atoms with E-state index in [1.165, 1.54) is 18.2 Å². The molecule has 25 heavy (non-hydrogen) atoms. The Kier molecular flexibility index (Phi) is 5.78. The molecule has 0 unspecified atom stereocenters. The van der Waals surface area contributed by atoms with Crippen molar-refractivity contribution in [2.45, 2.75) is 6.36 Å². The number of carbonyl (C=O) groups excluding carboxylic acids is 2. The highest BCUT2D eigenvalue weighted by atomic mass is 79.9. The van der Waals surface area contributed by atoms with Crippen LogP contribution in [0, 0.1) is 5.82 Å². The van der Waals surface area contributed by atoms with Gasteiger partial charge in [-0.25, -0.2) is 4.39 Å². The molecule has 1 N–H and O–H groups in total.